The van der Waals surface area contributed by atoms with Crippen molar-refractivity contribution >= 4 is 25.7 Å². The van der Waals surface area contributed by atoms with Gasteiger partial charge in [0.25, 0.3) is 0 Å². The van der Waals surface area contributed by atoms with Gasteiger partial charge in [0, 0.05) is 19.8 Å². The molecule has 0 spiro atoms. The van der Waals surface area contributed by atoms with Crippen LogP contribution in [0.4, 0.5) is 5.69 Å². The molecule has 17 heavy (non-hydrogen) atoms. The van der Waals surface area contributed by atoms with Gasteiger partial charge in [-0.15, -0.1) is 0 Å². The molecule has 0 radical (unpaired) electrons. The second-order valence-corrected chi connectivity index (χ2v) is 7.59. The molecular weight excluding hydrogens is 264 g/mol. The minimum atomic E-state index is -3.48. The number of sulfonamides is 2. The number of rotatable bonds is 4. The van der Waals surface area contributed by atoms with E-state index in [0.717, 1.165) is 10.6 Å². The van der Waals surface area contributed by atoms with Gasteiger partial charge in [0.15, 0.2) is 0 Å². The highest BCUT2D eigenvalue weighted by Gasteiger charge is 2.16. The first-order valence-corrected chi connectivity index (χ1v) is 7.96. The van der Waals surface area contributed by atoms with Crippen molar-refractivity contribution in [3.63, 3.8) is 0 Å². The van der Waals surface area contributed by atoms with Crippen molar-refractivity contribution < 1.29 is 16.8 Å². The zero-order valence-corrected chi connectivity index (χ0v) is 11.3. The Labute approximate surface area is 101 Å². The quantitative estimate of drug-likeness (QED) is 0.859. The van der Waals surface area contributed by atoms with Crippen molar-refractivity contribution in [3.8, 4) is 0 Å². The molecule has 0 saturated carbocycles. The van der Waals surface area contributed by atoms with Gasteiger partial charge in [0.05, 0.1) is 11.2 Å². The molecule has 1 aromatic carbocycles. The van der Waals surface area contributed by atoms with Crippen LogP contribution in [0.2, 0.25) is 0 Å². The van der Waals surface area contributed by atoms with Crippen LogP contribution in [0.1, 0.15) is 0 Å². The summed E-state index contributed by atoms with van der Waals surface area (Å²) in [4.78, 5) is 0.113. The van der Waals surface area contributed by atoms with Crippen LogP contribution in [0.5, 0.6) is 0 Å². The van der Waals surface area contributed by atoms with E-state index in [-0.39, 0.29) is 4.90 Å². The monoisotopic (exact) mass is 278 g/mol. The van der Waals surface area contributed by atoms with E-state index >= 15 is 0 Å². The van der Waals surface area contributed by atoms with Gasteiger partial charge in [-0.2, -0.15) is 0 Å². The fraction of sp³-hybridized carbons (Fsp3) is 0.333. The molecule has 6 nitrogen and oxygen atoms in total. The average molecular weight is 278 g/mol. The molecule has 1 rings (SSSR count). The van der Waals surface area contributed by atoms with E-state index in [1.165, 1.54) is 38.4 Å². The predicted octanol–water partition coefficient (Wildman–Crippen LogP) is 0.308. The highest BCUT2D eigenvalue weighted by atomic mass is 32.2. The normalized spacial score (nSPS) is 12.7. The minimum absolute atomic E-state index is 0.113. The van der Waals surface area contributed by atoms with E-state index < -0.39 is 20.0 Å². The molecule has 8 heteroatoms. The highest BCUT2D eigenvalue weighted by Crippen LogP contribution is 2.16. The van der Waals surface area contributed by atoms with Gasteiger partial charge >= 0.3 is 0 Å². The molecule has 0 aromatic heterocycles. The van der Waals surface area contributed by atoms with E-state index in [2.05, 4.69) is 4.72 Å². The Morgan fingerprint density at radius 1 is 1.00 bits per heavy atom. The summed E-state index contributed by atoms with van der Waals surface area (Å²) >= 11 is 0. The van der Waals surface area contributed by atoms with Crippen LogP contribution in [-0.2, 0) is 20.0 Å². The number of nitrogens with zero attached hydrogens (tertiary/aromatic N) is 1. The van der Waals surface area contributed by atoms with E-state index in [1.54, 1.807) is 0 Å². The summed E-state index contributed by atoms with van der Waals surface area (Å²) in [5, 5.41) is 0. The van der Waals surface area contributed by atoms with Crippen molar-refractivity contribution in [2.75, 3.05) is 25.1 Å². The van der Waals surface area contributed by atoms with Gasteiger partial charge < -0.3 is 0 Å². The number of nitrogens with one attached hydrogen (secondary N) is 1. The fourth-order valence-corrected chi connectivity index (χ4v) is 2.59. The molecule has 0 fully saturated rings. The summed E-state index contributed by atoms with van der Waals surface area (Å²) in [6.45, 7) is 0. The van der Waals surface area contributed by atoms with Crippen LogP contribution >= 0.6 is 0 Å². The van der Waals surface area contributed by atoms with Crippen molar-refractivity contribution in [1.82, 2.24) is 4.31 Å². The molecule has 0 bridgehead atoms. The zero-order valence-electron chi connectivity index (χ0n) is 9.71. The second kappa shape index (κ2) is 4.63. The van der Waals surface area contributed by atoms with Crippen LogP contribution < -0.4 is 4.72 Å². The lowest BCUT2D eigenvalue weighted by molar-refractivity contribution is 0.521. The molecule has 0 aliphatic carbocycles. The molecule has 96 valence electrons. The summed E-state index contributed by atoms with van der Waals surface area (Å²) in [6, 6.07) is 5.50. The first kappa shape index (κ1) is 13.9. The van der Waals surface area contributed by atoms with Gasteiger partial charge in [-0.3, -0.25) is 4.72 Å². The maximum Gasteiger partial charge on any atom is 0.242 e. The Bertz CT molecular complexity index is 588. The van der Waals surface area contributed by atoms with Gasteiger partial charge in [0.1, 0.15) is 0 Å². The Morgan fingerprint density at radius 2 is 1.47 bits per heavy atom. The SMILES string of the molecule is CN(C)S(=O)(=O)c1ccc(NS(C)(=O)=O)cc1. The van der Waals surface area contributed by atoms with Crippen molar-refractivity contribution in [2.45, 2.75) is 4.90 Å². The zero-order chi connectivity index (χ0) is 13.3. The topological polar surface area (TPSA) is 83.6 Å². The fourth-order valence-electron chi connectivity index (χ4n) is 1.12. The molecular formula is C9H14N2O4S2. The first-order chi connectivity index (χ1) is 7.63. The highest BCUT2D eigenvalue weighted by molar-refractivity contribution is 7.92. The lowest BCUT2D eigenvalue weighted by atomic mass is 10.3. The first-order valence-electron chi connectivity index (χ1n) is 4.63. The largest absolute Gasteiger partial charge is 0.284 e. The number of hydrogen-bond donors (Lipinski definition) is 1. The van der Waals surface area contributed by atoms with Crippen LogP contribution in [-0.4, -0.2) is 41.5 Å². The van der Waals surface area contributed by atoms with E-state index in [4.69, 9.17) is 0 Å². The van der Waals surface area contributed by atoms with E-state index in [1.807, 2.05) is 0 Å². The van der Waals surface area contributed by atoms with Crippen molar-refractivity contribution in [2.24, 2.45) is 0 Å². The number of benzene rings is 1. The summed E-state index contributed by atoms with van der Waals surface area (Å²) in [7, 11) is -3.98. The Balaban J connectivity index is 3.05. The van der Waals surface area contributed by atoms with Crippen LogP contribution in [0, 0.1) is 0 Å². The molecule has 0 unspecified atom stereocenters. The lowest BCUT2D eigenvalue weighted by Gasteiger charge is -2.11. The Kier molecular flexibility index (Phi) is 3.80. The van der Waals surface area contributed by atoms with Gasteiger partial charge in [-0.1, -0.05) is 0 Å². The third-order valence-electron chi connectivity index (χ3n) is 1.94. The van der Waals surface area contributed by atoms with Crippen molar-refractivity contribution in [3.05, 3.63) is 24.3 Å². The van der Waals surface area contributed by atoms with Crippen molar-refractivity contribution in [1.29, 1.82) is 0 Å². The Hall–Kier alpha value is -1.12. The molecule has 0 saturated heterocycles. The van der Waals surface area contributed by atoms with Crippen LogP contribution in [0.3, 0.4) is 0 Å². The maximum absolute atomic E-state index is 11.7. The van der Waals surface area contributed by atoms with Crippen LogP contribution in [0.15, 0.2) is 29.2 Å². The molecule has 0 atom stereocenters. The number of hydrogen-bond acceptors (Lipinski definition) is 4. The van der Waals surface area contributed by atoms with E-state index in [0.29, 0.717) is 5.69 Å². The predicted molar refractivity (Wildman–Crippen MR) is 65.8 cm³/mol. The maximum atomic E-state index is 11.7. The Morgan fingerprint density at radius 3 is 1.82 bits per heavy atom. The molecule has 1 aromatic rings. The van der Waals surface area contributed by atoms with E-state index in [9.17, 15) is 16.8 Å². The number of anilines is 1. The standard InChI is InChI=1S/C9H14N2O4S2/c1-11(2)17(14,15)9-6-4-8(5-7-9)10-16(3,12)13/h4-7,10H,1-3H3. The molecule has 0 heterocycles. The van der Waals surface area contributed by atoms with Crippen LogP contribution in [0.25, 0.3) is 0 Å². The summed E-state index contributed by atoms with van der Waals surface area (Å²) in [6.07, 6.45) is 1.03. The molecule has 0 aliphatic rings. The van der Waals surface area contributed by atoms with Gasteiger partial charge in [0.2, 0.25) is 20.0 Å². The smallest absolute Gasteiger partial charge is 0.242 e. The van der Waals surface area contributed by atoms with Gasteiger partial charge in [-0.25, -0.2) is 21.1 Å². The second-order valence-electron chi connectivity index (χ2n) is 3.69. The molecule has 0 aliphatic heterocycles. The summed E-state index contributed by atoms with van der Waals surface area (Å²) < 4.78 is 48.7. The third kappa shape index (κ3) is 3.69. The minimum Gasteiger partial charge on any atom is -0.284 e. The van der Waals surface area contributed by atoms with Gasteiger partial charge in [-0.05, 0) is 24.3 Å². The molecule has 0 amide bonds. The summed E-state index contributed by atoms with van der Waals surface area (Å²) in [5.41, 5.74) is 0.324. The summed E-state index contributed by atoms with van der Waals surface area (Å²) in [5.74, 6) is 0. The third-order valence-corrected chi connectivity index (χ3v) is 4.37. The molecule has 1 N–H and O–H groups in total. The lowest BCUT2D eigenvalue weighted by Crippen LogP contribution is -2.22. The average Bonchev–Trinajstić information content (AvgIpc) is 2.15.